The molecule has 3 nitrogen and oxygen atoms in total. The van der Waals surface area contributed by atoms with Gasteiger partial charge in [-0.15, -0.1) is 0 Å². The molecule has 1 aromatic carbocycles. The monoisotopic (exact) mass is 286 g/mol. The van der Waals surface area contributed by atoms with E-state index in [4.69, 9.17) is 5.73 Å². The van der Waals surface area contributed by atoms with Crippen LogP contribution < -0.4 is 5.73 Å². The first-order valence-electron chi connectivity index (χ1n) is 8.35. The summed E-state index contributed by atoms with van der Waals surface area (Å²) in [5, 5.41) is 0. The molecule has 21 heavy (non-hydrogen) atoms. The molecule has 0 bridgehead atoms. The Kier molecular flexibility index (Phi) is 4.59. The minimum Gasteiger partial charge on any atom is -0.338 e. The van der Waals surface area contributed by atoms with Crippen LogP contribution in [0.5, 0.6) is 0 Å². The number of carbonyl (C=O) groups is 1. The third-order valence-electron chi connectivity index (χ3n) is 5.14. The molecule has 2 fully saturated rings. The summed E-state index contributed by atoms with van der Waals surface area (Å²) in [6, 6.07) is 10.2. The van der Waals surface area contributed by atoms with Crippen molar-refractivity contribution in [3.63, 3.8) is 0 Å². The van der Waals surface area contributed by atoms with Crippen LogP contribution in [-0.2, 0) is 11.2 Å². The number of rotatable bonds is 4. The van der Waals surface area contributed by atoms with Gasteiger partial charge in [-0.2, -0.15) is 0 Å². The van der Waals surface area contributed by atoms with Gasteiger partial charge in [0, 0.05) is 12.6 Å². The number of hydrogen-bond acceptors (Lipinski definition) is 2. The van der Waals surface area contributed by atoms with Crippen LogP contribution in [0.4, 0.5) is 0 Å². The summed E-state index contributed by atoms with van der Waals surface area (Å²) in [6.07, 6.45) is 8.22. The fraction of sp³-hybridized carbons (Fsp3) is 0.611. The van der Waals surface area contributed by atoms with Crippen molar-refractivity contribution in [2.45, 2.75) is 57.0 Å². The van der Waals surface area contributed by atoms with Gasteiger partial charge in [-0.1, -0.05) is 43.2 Å². The fourth-order valence-corrected chi connectivity index (χ4v) is 4.07. The molecule has 0 aromatic heterocycles. The van der Waals surface area contributed by atoms with Gasteiger partial charge in [0.2, 0.25) is 5.91 Å². The van der Waals surface area contributed by atoms with Crippen molar-refractivity contribution in [1.29, 1.82) is 0 Å². The van der Waals surface area contributed by atoms with Crippen LogP contribution in [0.3, 0.4) is 0 Å². The quantitative estimate of drug-likeness (QED) is 0.925. The highest BCUT2D eigenvalue weighted by atomic mass is 16.2. The molecule has 3 heteroatoms. The maximum absolute atomic E-state index is 12.7. The Hall–Kier alpha value is -1.35. The first-order valence-corrected chi connectivity index (χ1v) is 8.35. The lowest BCUT2D eigenvalue weighted by atomic mass is 9.95. The van der Waals surface area contributed by atoms with E-state index in [1.807, 2.05) is 30.3 Å². The molecular weight excluding hydrogens is 260 g/mol. The summed E-state index contributed by atoms with van der Waals surface area (Å²) in [4.78, 5) is 14.8. The van der Waals surface area contributed by atoms with E-state index in [0.29, 0.717) is 12.5 Å². The number of hydrogen-bond donors (Lipinski definition) is 1. The Balaban J connectivity index is 1.63. The van der Waals surface area contributed by atoms with Gasteiger partial charge in [0.05, 0.1) is 6.04 Å². The summed E-state index contributed by atoms with van der Waals surface area (Å²) in [7, 11) is 0. The molecule has 1 unspecified atom stereocenters. The number of likely N-dealkylation sites (tertiary alicyclic amines) is 1. The lowest BCUT2D eigenvalue weighted by Crippen LogP contribution is -2.48. The second kappa shape index (κ2) is 6.61. The normalized spacial score (nSPS) is 24.4. The molecule has 2 atom stereocenters. The largest absolute Gasteiger partial charge is 0.338 e. The van der Waals surface area contributed by atoms with E-state index in [1.165, 1.54) is 32.1 Å². The molecule has 1 aliphatic heterocycles. The summed E-state index contributed by atoms with van der Waals surface area (Å²) >= 11 is 0. The van der Waals surface area contributed by atoms with Crippen LogP contribution in [0.25, 0.3) is 0 Å². The van der Waals surface area contributed by atoms with Crippen LogP contribution in [0, 0.1) is 5.92 Å². The highest BCUT2D eigenvalue weighted by molar-refractivity contribution is 5.82. The second-order valence-corrected chi connectivity index (χ2v) is 6.58. The third-order valence-corrected chi connectivity index (χ3v) is 5.14. The Morgan fingerprint density at radius 1 is 1.14 bits per heavy atom. The maximum Gasteiger partial charge on any atom is 0.240 e. The fourth-order valence-electron chi connectivity index (χ4n) is 4.07. The van der Waals surface area contributed by atoms with E-state index in [1.54, 1.807) is 0 Å². The molecule has 2 aliphatic rings. The van der Waals surface area contributed by atoms with Gasteiger partial charge in [0.25, 0.3) is 0 Å². The highest BCUT2D eigenvalue weighted by Gasteiger charge is 2.37. The molecule has 0 radical (unpaired) electrons. The van der Waals surface area contributed by atoms with Crippen molar-refractivity contribution in [3.8, 4) is 0 Å². The Bertz CT molecular complexity index is 467. The second-order valence-electron chi connectivity index (χ2n) is 6.58. The van der Waals surface area contributed by atoms with Crippen LogP contribution in [0.1, 0.15) is 44.1 Å². The van der Waals surface area contributed by atoms with Crippen molar-refractivity contribution in [3.05, 3.63) is 35.9 Å². The number of nitrogens with two attached hydrogens (primary N) is 1. The zero-order valence-corrected chi connectivity index (χ0v) is 12.7. The van der Waals surface area contributed by atoms with Crippen molar-refractivity contribution < 1.29 is 4.79 Å². The van der Waals surface area contributed by atoms with Crippen molar-refractivity contribution in [2.24, 2.45) is 11.7 Å². The Morgan fingerprint density at radius 3 is 2.57 bits per heavy atom. The first kappa shape index (κ1) is 14.6. The maximum atomic E-state index is 12.7. The van der Waals surface area contributed by atoms with Crippen molar-refractivity contribution in [1.82, 2.24) is 4.90 Å². The standard InChI is InChI=1S/C18H26N2O/c19-16(13-14-7-2-1-3-8-14)18(21)20-12-6-11-17(20)15-9-4-5-10-15/h1-3,7-8,15-17H,4-6,9-13,19H2/t16-,17?/m0/s1. The van der Waals surface area contributed by atoms with Crippen LogP contribution in [0.15, 0.2) is 30.3 Å². The number of nitrogens with zero attached hydrogens (tertiary/aromatic N) is 1. The Morgan fingerprint density at radius 2 is 1.86 bits per heavy atom. The smallest absolute Gasteiger partial charge is 0.240 e. The van der Waals surface area contributed by atoms with E-state index in [-0.39, 0.29) is 5.91 Å². The average molecular weight is 286 g/mol. The van der Waals surface area contributed by atoms with E-state index in [9.17, 15) is 4.79 Å². The summed E-state index contributed by atoms with van der Waals surface area (Å²) < 4.78 is 0. The summed E-state index contributed by atoms with van der Waals surface area (Å²) in [5.74, 6) is 0.883. The van der Waals surface area contributed by atoms with E-state index in [2.05, 4.69) is 4.90 Å². The molecule has 1 heterocycles. The molecule has 1 aromatic rings. The number of benzene rings is 1. The zero-order valence-electron chi connectivity index (χ0n) is 12.7. The lowest BCUT2D eigenvalue weighted by molar-refractivity contribution is -0.134. The van der Waals surface area contributed by atoms with Crippen LogP contribution in [0.2, 0.25) is 0 Å². The van der Waals surface area contributed by atoms with Gasteiger partial charge >= 0.3 is 0 Å². The van der Waals surface area contributed by atoms with Crippen molar-refractivity contribution in [2.75, 3.05) is 6.54 Å². The average Bonchev–Trinajstić information content (AvgIpc) is 3.18. The topological polar surface area (TPSA) is 46.3 Å². The third kappa shape index (κ3) is 3.29. The van der Waals surface area contributed by atoms with Gasteiger partial charge in [0.15, 0.2) is 0 Å². The van der Waals surface area contributed by atoms with Gasteiger partial charge in [-0.25, -0.2) is 0 Å². The predicted octanol–water partition coefficient (Wildman–Crippen LogP) is 2.74. The summed E-state index contributed by atoms with van der Waals surface area (Å²) in [6.45, 7) is 0.905. The molecule has 1 saturated carbocycles. The number of amides is 1. The highest BCUT2D eigenvalue weighted by Crippen LogP contribution is 2.35. The van der Waals surface area contributed by atoms with Gasteiger partial charge in [0.1, 0.15) is 0 Å². The minimum absolute atomic E-state index is 0.160. The van der Waals surface area contributed by atoms with Crippen LogP contribution in [-0.4, -0.2) is 29.4 Å². The number of carbonyl (C=O) groups excluding carboxylic acids is 1. The molecule has 114 valence electrons. The van der Waals surface area contributed by atoms with E-state index in [0.717, 1.165) is 24.4 Å². The molecular formula is C18H26N2O. The van der Waals surface area contributed by atoms with Gasteiger partial charge in [-0.05, 0) is 43.6 Å². The molecule has 1 saturated heterocycles. The van der Waals surface area contributed by atoms with E-state index >= 15 is 0 Å². The first-order chi connectivity index (χ1) is 10.3. The molecule has 1 amide bonds. The van der Waals surface area contributed by atoms with E-state index < -0.39 is 6.04 Å². The molecule has 2 N–H and O–H groups in total. The van der Waals surface area contributed by atoms with Gasteiger partial charge < -0.3 is 10.6 Å². The lowest BCUT2D eigenvalue weighted by Gasteiger charge is -2.31. The molecule has 0 spiro atoms. The minimum atomic E-state index is -0.394. The SMILES string of the molecule is N[C@@H](Cc1ccccc1)C(=O)N1CCCC1C1CCCC1. The summed E-state index contributed by atoms with van der Waals surface area (Å²) in [5.41, 5.74) is 7.35. The van der Waals surface area contributed by atoms with Gasteiger partial charge in [-0.3, -0.25) is 4.79 Å². The van der Waals surface area contributed by atoms with Crippen molar-refractivity contribution >= 4 is 5.91 Å². The Labute approximate surface area is 127 Å². The predicted molar refractivity (Wildman–Crippen MR) is 84.8 cm³/mol. The molecule has 3 rings (SSSR count). The van der Waals surface area contributed by atoms with Crippen LogP contribution >= 0.6 is 0 Å². The zero-order chi connectivity index (χ0) is 14.7. The molecule has 1 aliphatic carbocycles.